The second-order valence-corrected chi connectivity index (χ2v) is 4.60. The number of rotatable bonds is 5. The lowest BCUT2D eigenvalue weighted by atomic mass is 9.93. The van der Waals surface area contributed by atoms with Crippen LogP contribution >= 0.6 is 0 Å². The quantitative estimate of drug-likeness (QED) is 0.563. The van der Waals surface area contributed by atoms with Crippen LogP contribution in [0.15, 0.2) is 12.2 Å². The van der Waals surface area contributed by atoms with Gasteiger partial charge in [0, 0.05) is 6.61 Å². The van der Waals surface area contributed by atoms with Crippen LogP contribution in [0.3, 0.4) is 0 Å². The van der Waals surface area contributed by atoms with Gasteiger partial charge in [0.1, 0.15) is 0 Å². The summed E-state index contributed by atoms with van der Waals surface area (Å²) in [6, 6.07) is 0. The number of allylic oxidation sites excluding steroid dienone is 1. The number of carbonyl (C=O) groups is 1. The summed E-state index contributed by atoms with van der Waals surface area (Å²) in [5.74, 6) is -0.582. The molecule has 0 spiro atoms. The maximum atomic E-state index is 11.5. The van der Waals surface area contributed by atoms with Crippen molar-refractivity contribution in [3.63, 3.8) is 0 Å². The van der Waals surface area contributed by atoms with Crippen molar-refractivity contribution < 1.29 is 14.6 Å². The number of aliphatic hydroxyl groups is 1. The zero-order valence-electron chi connectivity index (χ0n) is 10.1. The van der Waals surface area contributed by atoms with E-state index in [1.165, 1.54) is 0 Å². The lowest BCUT2D eigenvalue weighted by Crippen LogP contribution is -2.17. The topological polar surface area (TPSA) is 46.5 Å². The molecular weight excluding hydrogens is 192 g/mol. The van der Waals surface area contributed by atoms with Crippen molar-refractivity contribution in [2.45, 2.75) is 34.1 Å². The minimum absolute atomic E-state index is 0.00202. The summed E-state index contributed by atoms with van der Waals surface area (Å²) >= 11 is 0. The summed E-state index contributed by atoms with van der Waals surface area (Å²) in [6.45, 7) is 8.34. The van der Waals surface area contributed by atoms with E-state index in [0.717, 1.165) is 0 Å². The van der Waals surface area contributed by atoms with Gasteiger partial charge >= 0.3 is 5.97 Å². The van der Waals surface area contributed by atoms with Crippen LogP contribution < -0.4 is 0 Å². The maximum absolute atomic E-state index is 11.5. The van der Waals surface area contributed by atoms with Crippen LogP contribution in [0.4, 0.5) is 0 Å². The summed E-state index contributed by atoms with van der Waals surface area (Å²) < 4.78 is 4.92. The average Bonchev–Trinajstić information content (AvgIpc) is 2.11. The Balaban J connectivity index is 4.39. The molecule has 0 bridgehead atoms. The third-order valence-electron chi connectivity index (χ3n) is 1.86. The third kappa shape index (κ3) is 7.14. The molecule has 0 radical (unpaired) electrons. The van der Waals surface area contributed by atoms with Gasteiger partial charge in [0.15, 0.2) is 0 Å². The Morgan fingerprint density at radius 1 is 1.47 bits per heavy atom. The van der Waals surface area contributed by atoms with Crippen molar-refractivity contribution in [3.8, 4) is 0 Å². The molecule has 3 heteroatoms. The first-order valence-corrected chi connectivity index (χ1v) is 5.37. The van der Waals surface area contributed by atoms with E-state index < -0.39 is 0 Å². The third-order valence-corrected chi connectivity index (χ3v) is 1.86. The Morgan fingerprint density at radius 3 is 2.47 bits per heavy atom. The molecule has 1 N–H and O–H groups in total. The van der Waals surface area contributed by atoms with Crippen LogP contribution in [0.1, 0.15) is 34.1 Å². The minimum Gasteiger partial charge on any atom is -0.466 e. The largest absolute Gasteiger partial charge is 0.466 e. The van der Waals surface area contributed by atoms with Gasteiger partial charge in [-0.15, -0.1) is 0 Å². The lowest BCUT2D eigenvalue weighted by molar-refractivity contribution is -0.146. The standard InChI is InChI=1S/C12H22O3/c1-5-15-11(14)10(7-9-13)6-8-12(2,3)4/h6,8,10,13H,5,7,9H2,1-4H3/b8-6-. The molecule has 0 heterocycles. The SMILES string of the molecule is CCOC(=O)C(/C=C\C(C)(C)C)CCO. The van der Waals surface area contributed by atoms with E-state index >= 15 is 0 Å². The molecule has 0 fully saturated rings. The number of esters is 1. The number of hydrogen-bond acceptors (Lipinski definition) is 3. The molecule has 0 aliphatic rings. The highest BCUT2D eigenvalue weighted by Crippen LogP contribution is 2.18. The van der Waals surface area contributed by atoms with Gasteiger partial charge in [-0.1, -0.05) is 32.9 Å². The van der Waals surface area contributed by atoms with E-state index in [9.17, 15) is 4.79 Å². The van der Waals surface area contributed by atoms with Gasteiger partial charge in [0.05, 0.1) is 12.5 Å². The van der Waals surface area contributed by atoms with Crippen molar-refractivity contribution in [1.82, 2.24) is 0 Å². The summed E-state index contributed by atoms with van der Waals surface area (Å²) in [5, 5.41) is 8.84. The Kier molecular flexibility index (Phi) is 6.25. The fourth-order valence-electron chi connectivity index (χ4n) is 1.09. The van der Waals surface area contributed by atoms with Gasteiger partial charge in [-0.2, -0.15) is 0 Å². The predicted molar refractivity (Wildman–Crippen MR) is 60.4 cm³/mol. The number of carbonyl (C=O) groups excluding carboxylic acids is 1. The van der Waals surface area contributed by atoms with Crippen molar-refractivity contribution in [2.24, 2.45) is 11.3 Å². The maximum Gasteiger partial charge on any atom is 0.312 e. The molecule has 1 atom stereocenters. The molecular formula is C12H22O3. The highest BCUT2D eigenvalue weighted by molar-refractivity contribution is 5.74. The normalized spacial score (nSPS) is 14.2. The van der Waals surface area contributed by atoms with Gasteiger partial charge in [-0.3, -0.25) is 4.79 Å². The molecule has 88 valence electrons. The highest BCUT2D eigenvalue weighted by atomic mass is 16.5. The summed E-state index contributed by atoms with van der Waals surface area (Å²) in [4.78, 5) is 11.5. The van der Waals surface area contributed by atoms with E-state index in [-0.39, 0.29) is 23.9 Å². The fraction of sp³-hybridized carbons (Fsp3) is 0.750. The lowest BCUT2D eigenvalue weighted by Gasteiger charge is -2.15. The number of ether oxygens (including phenoxy) is 1. The van der Waals surface area contributed by atoms with E-state index in [2.05, 4.69) is 20.8 Å². The van der Waals surface area contributed by atoms with Crippen molar-refractivity contribution in [1.29, 1.82) is 0 Å². The van der Waals surface area contributed by atoms with Gasteiger partial charge in [0.2, 0.25) is 0 Å². The second-order valence-electron chi connectivity index (χ2n) is 4.60. The Bertz CT molecular complexity index is 213. The first-order valence-electron chi connectivity index (χ1n) is 5.37. The monoisotopic (exact) mass is 214 g/mol. The molecule has 0 rings (SSSR count). The van der Waals surface area contributed by atoms with Crippen molar-refractivity contribution in [2.75, 3.05) is 13.2 Å². The number of aliphatic hydroxyl groups excluding tert-OH is 1. The zero-order chi connectivity index (χ0) is 11.9. The fourth-order valence-corrected chi connectivity index (χ4v) is 1.09. The molecule has 0 saturated carbocycles. The molecule has 1 unspecified atom stereocenters. The van der Waals surface area contributed by atoms with E-state index in [0.29, 0.717) is 13.0 Å². The number of hydrogen-bond donors (Lipinski definition) is 1. The van der Waals surface area contributed by atoms with Crippen LogP contribution in [0, 0.1) is 11.3 Å². The molecule has 0 saturated heterocycles. The van der Waals surface area contributed by atoms with E-state index in [4.69, 9.17) is 9.84 Å². The molecule has 0 aliphatic carbocycles. The first-order chi connectivity index (χ1) is 6.90. The van der Waals surface area contributed by atoms with Gasteiger partial charge < -0.3 is 9.84 Å². The van der Waals surface area contributed by atoms with Crippen molar-refractivity contribution >= 4 is 5.97 Å². The van der Waals surface area contributed by atoms with Crippen LogP contribution in [-0.2, 0) is 9.53 Å². The molecule has 0 aliphatic heterocycles. The zero-order valence-corrected chi connectivity index (χ0v) is 10.1. The van der Waals surface area contributed by atoms with E-state index in [1.807, 2.05) is 12.2 Å². The molecule has 0 aromatic heterocycles. The summed E-state index contributed by atoms with van der Waals surface area (Å²) in [6.07, 6.45) is 4.23. The molecule has 0 aromatic carbocycles. The average molecular weight is 214 g/mol. The van der Waals surface area contributed by atoms with Gasteiger partial charge in [-0.25, -0.2) is 0 Å². The van der Waals surface area contributed by atoms with Crippen molar-refractivity contribution in [3.05, 3.63) is 12.2 Å². The van der Waals surface area contributed by atoms with Crippen LogP contribution in [-0.4, -0.2) is 24.3 Å². The Labute approximate surface area is 92.1 Å². The van der Waals surface area contributed by atoms with E-state index in [1.54, 1.807) is 6.92 Å². The van der Waals surface area contributed by atoms with Crippen LogP contribution in [0.25, 0.3) is 0 Å². The molecule has 0 aromatic rings. The second kappa shape index (κ2) is 6.62. The predicted octanol–water partition coefficient (Wildman–Crippen LogP) is 2.15. The van der Waals surface area contributed by atoms with Gasteiger partial charge in [0.25, 0.3) is 0 Å². The van der Waals surface area contributed by atoms with Gasteiger partial charge in [-0.05, 0) is 18.8 Å². The first kappa shape index (κ1) is 14.2. The Hall–Kier alpha value is -0.830. The smallest absolute Gasteiger partial charge is 0.312 e. The molecule has 15 heavy (non-hydrogen) atoms. The Morgan fingerprint density at radius 2 is 2.07 bits per heavy atom. The van der Waals surface area contributed by atoms with Crippen LogP contribution in [0.5, 0.6) is 0 Å². The molecule has 3 nitrogen and oxygen atoms in total. The molecule has 0 amide bonds. The minimum atomic E-state index is -0.325. The summed E-state index contributed by atoms with van der Waals surface area (Å²) in [7, 11) is 0. The highest BCUT2D eigenvalue weighted by Gasteiger charge is 2.17. The van der Waals surface area contributed by atoms with Crippen LogP contribution in [0.2, 0.25) is 0 Å². The summed E-state index contributed by atoms with van der Waals surface area (Å²) in [5.41, 5.74) is 0.0419.